The highest BCUT2D eigenvalue weighted by molar-refractivity contribution is 5.95. The number of ether oxygens (including phenoxy) is 1. The Kier molecular flexibility index (Phi) is 3.04. The molecule has 0 unspecified atom stereocenters. The molecule has 1 aromatic carbocycles. The summed E-state index contributed by atoms with van der Waals surface area (Å²) >= 11 is 0. The number of nitrogens with zero attached hydrogens (tertiary/aromatic N) is 2. The summed E-state index contributed by atoms with van der Waals surface area (Å²) in [4.78, 5) is 15.1. The molecular formula is C11H11N3O3. The van der Waals surface area contributed by atoms with Gasteiger partial charge in [-0.25, -0.2) is 0 Å². The van der Waals surface area contributed by atoms with Gasteiger partial charge in [-0.2, -0.15) is 4.98 Å². The minimum absolute atomic E-state index is 0.102. The standard InChI is InChI=1S/C11H11N3O3/c1-7-13-10(17-14-7)6-16-9-5-3-2-4-8(9)11(12)15/h2-5H,6H2,1H3,(H2,12,15). The molecule has 0 bridgehead atoms. The molecule has 88 valence electrons. The van der Waals surface area contributed by atoms with Gasteiger partial charge in [0.1, 0.15) is 5.75 Å². The summed E-state index contributed by atoms with van der Waals surface area (Å²) in [6.45, 7) is 1.81. The Morgan fingerprint density at radius 1 is 1.47 bits per heavy atom. The number of hydrogen-bond donors (Lipinski definition) is 1. The molecule has 0 saturated heterocycles. The van der Waals surface area contributed by atoms with Gasteiger partial charge in [-0.3, -0.25) is 4.79 Å². The molecule has 1 amide bonds. The van der Waals surface area contributed by atoms with Crippen molar-refractivity contribution in [2.24, 2.45) is 5.73 Å². The van der Waals surface area contributed by atoms with Crippen LogP contribution in [0, 0.1) is 6.92 Å². The van der Waals surface area contributed by atoms with Crippen molar-refractivity contribution in [3.8, 4) is 5.75 Å². The van der Waals surface area contributed by atoms with Gasteiger partial charge in [-0.1, -0.05) is 17.3 Å². The SMILES string of the molecule is Cc1noc(COc2ccccc2C(N)=O)n1. The van der Waals surface area contributed by atoms with Gasteiger partial charge in [0.15, 0.2) is 12.4 Å². The third-order valence-corrected chi connectivity index (χ3v) is 2.07. The topological polar surface area (TPSA) is 91.2 Å². The fraction of sp³-hybridized carbons (Fsp3) is 0.182. The largest absolute Gasteiger partial charge is 0.483 e. The second kappa shape index (κ2) is 4.65. The summed E-state index contributed by atoms with van der Waals surface area (Å²) < 4.78 is 10.3. The second-order valence-electron chi connectivity index (χ2n) is 3.38. The third kappa shape index (κ3) is 2.60. The molecule has 0 radical (unpaired) electrons. The molecular weight excluding hydrogens is 222 g/mol. The van der Waals surface area contributed by atoms with Crippen molar-refractivity contribution in [1.82, 2.24) is 10.1 Å². The first-order valence-electron chi connectivity index (χ1n) is 4.97. The lowest BCUT2D eigenvalue weighted by Gasteiger charge is -2.06. The average molecular weight is 233 g/mol. The summed E-state index contributed by atoms with van der Waals surface area (Å²) in [5, 5.41) is 3.63. The molecule has 2 N–H and O–H groups in total. The van der Waals surface area contributed by atoms with Crippen LogP contribution in [0.5, 0.6) is 5.75 Å². The highest BCUT2D eigenvalue weighted by Gasteiger charge is 2.10. The molecule has 2 rings (SSSR count). The predicted octanol–water partition coefficient (Wildman–Crippen LogP) is 1.06. The van der Waals surface area contributed by atoms with E-state index in [1.807, 2.05) is 0 Å². The van der Waals surface area contributed by atoms with Gasteiger partial charge in [0.05, 0.1) is 5.56 Å². The molecule has 6 nitrogen and oxygen atoms in total. The van der Waals surface area contributed by atoms with Crippen LogP contribution < -0.4 is 10.5 Å². The molecule has 0 aliphatic rings. The number of carbonyl (C=O) groups excluding carboxylic acids is 1. The lowest BCUT2D eigenvalue weighted by Crippen LogP contribution is -2.12. The molecule has 0 aliphatic carbocycles. The maximum absolute atomic E-state index is 11.1. The third-order valence-electron chi connectivity index (χ3n) is 2.07. The van der Waals surface area contributed by atoms with Crippen molar-refractivity contribution < 1.29 is 14.1 Å². The van der Waals surface area contributed by atoms with E-state index in [1.54, 1.807) is 31.2 Å². The van der Waals surface area contributed by atoms with E-state index in [4.69, 9.17) is 15.0 Å². The number of amides is 1. The van der Waals surface area contributed by atoms with Crippen LogP contribution in [0.3, 0.4) is 0 Å². The zero-order valence-electron chi connectivity index (χ0n) is 9.21. The number of para-hydroxylation sites is 1. The van der Waals surface area contributed by atoms with Crippen LogP contribution in [0.2, 0.25) is 0 Å². The van der Waals surface area contributed by atoms with Gasteiger partial charge in [0, 0.05) is 0 Å². The summed E-state index contributed by atoms with van der Waals surface area (Å²) in [7, 11) is 0. The number of rotatable bonds is 4. The van der Waals surface area contributed by atoms with Gasteiger partial charge in [-0.05, 0) is 19.1 Å². The first kappa shape index (κ1) is 11.1. The Labute approximate surface area is 97.4 Å². The quantitative estimate of drug-likeness (QED) is 0.852. The van der Waals surface area contributed by atoms with Crippen molar-refractivity contribution in [3.05, 3.63) is 41.5 Å². The van der Waals surface area contributed by atoms with E-state index < -0.39 is 5.91 Å². The first-order chi connectivity index (χ1) is 8.16. The summed E-state index contributed by atoms with van der Waals surface area (Å²) in [5.74, 6) is 0.742. The highest BCUT2D eigenvalue weighted by atomic mass is 16.5. The molecule has 1 aromatic heterocycles. The minimum Gasteiger partial charge on any atom is -0.483 e. The Morgan fingerprint density at radius 2 is 2.24 bits per heavy atom. The predicted molar refractivity (Wildman–Crippen MR) is 58.3 cm³/mol. The van der Waals surface area contributed by atoms with Gasteiger partial charge in [-0.15, -0.1) is 0 Å². The zero-order chi connectivity index (χ0) is 12.3. The van der Waals surface area contributed by atoms with E-state index in [9.17, 15) is 4.79 Å². The second-order valence-corrected chi connectivity index (χ2v) is 3.38. The van der Waals surface area contributed by atoms with Gasteiger partial charge in [0.25, 0.3) is 11.8 Å². The number of primary amides is 1. The summed E-state index contributed by atoms with van der Waals surface area (Å²) in [6.07, 6.45) is 0. The van der Waals surface area contributed by atoms with Crippen molar-refractivity contribution >= 4 is 5.91 Å². The van der Waals surface area contributed by atoms with Gasteiger partial charge < -0.3 is 15.0 Å². The molecule has 0 atom stereocenters. The fourth-order valence-electron chi connectivity index (χ4n) is 1.33. The Bertz CT molecular complexity index is 536. The smallest absolute Gasteiger partial charge is 0.264 e. The van der Waals surface area contributed by atoms with Crippen LogP contribution in [-0.2, 0) is 6.61 Å². The van der Waals surface area contributed by atoms with E-state index in [1.165, 1.54) is 0 Å². The minimum atomic E-state index is -0.540. The van der Waals surface area contributed by atoms with Crippen molar-refractivity contribution in [3.63, 3.8) is 0 Å². The molecule has 6 heteroatoms. The van der Waals surface area contributed by atoms with E-state index in [2.05, 4.69) is 10.1 Å². The van der Waals surface area contributed by atoms with Crippen molar-refractivity contribution in [2.75, 3.05) is 0 Å². The normalized spacial score (nSPS) is 10.2. The molecule has 0 aliphatic heterocycles. The van der Waals surface area contributed by atoms with Crippen molar-refractivity contribution in [2.45, 2.75) is 13.5 Å². The Morgan fingerprint density at radius 3 is 2.88 bits per heavy atom. The average Bonchev–Trinajstić information content (AvgIpc) is 2.73. The molecule has 2 aromatic rings. The maximum atomic E-state index is 11.1. The lowest BCUT2D eigenvalue weighted by molar-refractivity contribution is 0.0995. The van der Waals surface area contributed by atoms with E-state index in [-0.39, 0.29) is 6.61 Å². The molecule has 0 fully saturated rings. The monoisotopic (exact) mass is 233 g/mol. The molecule has 0 spiro atoms. The summed E-state index contributed by atoms with van der Waals surface area (Å²) in [6, 6.07) is 6.71. The van der Waals surface area contributed by atoms with Crippen molar-refractivity contribution in [1.29, 1.82) is 0 Å². The number of hydrogen-bond acceptors (Lipinski definition) is 5. The maximum Gasteiger partial charge on any atom is 0.264 e. The number of nitrogens with two attached hydrogens (primary N) is 1. The highest BCUT2D eigenvalue weighted by Crippen LogP contribution is 2.18. The van der Waals surface area contributed by atoms with Crippen LogP contribution in [0.4, 0.5) is 0 Å². The molecule has 1 heterocycles. The van der Waals surface area contributed by atoms with Gasteiger partial charge in [0.2, 0.25) is 0 Å². The van der Waals surface area contributed by atoms with Crippen LogP contribution in [0.15, 0.2) is 28.8 Å². The number of carbonyl (C=O) groups is 1. The van der Waals surface area contributed by atoms with Crippen LogP contribution in [-0.4, -0.2) is 16.0 Å². The van der Waals surface area contributed by atoms with E-state index in [0.717, 1.165) is 0 Å². The van der Waals surface area contributed by atoms with E-state index >= 15 is 0 Å². The molecule has 17 heavy (non-hydrogen) atoms. The Hall–Kier alpha value is -2.37. The molecule has 0 saturated carbocycles. The Balaban J connectivity index is 2.11. The number of aromatic nitrogens is 2. The van der Waals surface area contributed by atoms with Crippen LogP contribution >= 0.6 is 0 Å². The zero-order valence-corrected chi connectivity index (χ0v) is 9.21. The first-order valence-corrected chi connectivity index (χ1v) is 4.97. The van der Waals surface area contributed by atoms with Crippen LogP contribution in [0.25, 0.3) is 0 Å². The lowest BCUT2D eigenvalue weighted by atomic mass is 10.2. The number of benzene rings is 1. The van der Waals surface area contributed by atoms with E-state index in [0.29, 0.717) is 23.0 Å². The van der Waals surface area contributed by atoms with Crippen LogP contribution in [0.1, 0.15) is 22.1 Å². The summed E-state index contributed by atoms with van der Waals surface area (Å²) in [5.41, 5.74) is 5.54. The fourth-order valence-corrected chi connectivity index (χ4v) is 1.33. The number of aryl methyl sites for hydroxylation is 1. The van der Waals surface area contributed by atoms with Gasteiger partial charge >= 0.3 is 0 Å².